The number of rotatable bonds is 4. The molecule has 2 rings (SSSR count). The summed E-state index contributed by atoms with van der Waals surface area (Å²) in [7, 11) is 0. The normalized spacial score (nSPS) is 9.95. The number of nitrogens with two attached hydrogens (primary N) is 1. The molecule has 0 saturated carbocycles. The average Bonchev–Trinajstić information content (AvgIpc) is 2.46. The number of aryl methyl sites for hydroxylation is 1. The molecule has 2 aromatic carbocycles. The van der Waals surface area contributed by atoms with E-state index in [2.05, 4.69) is 5.32 Å². The molecular weight excluding hydrogens is 286 g/mol. The molecule has 0 aliphatic carbocycles. The van der Waals surface area contributed by atoms with Gasteiger partial charge in [-0.05, 0) is 48.4 Å². The third kappa shape index (κ3) is 3.53. The van der Waals surface area contributed by atoms with E-state index in [1.165, 1.54) is 0 Å². The second-order valence-electron chi connectivity index (χ2n) is 4.67. The molecule has 106 valence electrons. The van der Waals surface area contributed by atoms with Crippen molar-refractivity contribution in [3.8, 4) is 6.07 Å². The van der Waals surface area contributed by atoms with Crippen molar-refractivity contribution in [3.05, 3.63) is 63.7 Å². The summed E-state index contributed by atoms with van der Waals surface area (Å²) >= 11 is 6.11. The minimum atomic E-state index is -0.437. The van der Waals surface area contributed by atoms with Crippen LogP contribution in [0, 0.1) is 18.3 Å². The van der Waals surface area contributed by atoms with E-state index in [0.717, 1.165) is 16.8 Å². The van der Waals surface area contributed by atoms with Crippen LogP contribution in [0.5, 0.6) is 0 Å². The predicted octanol–water partition coefficient (Wildman–Crippen LogP) is 3.23. The van der Waals surface area contributed by atoms with Gasteiger partial charge in [0.25, 0.3) is 0 Å². The smallest absolute Gasteiger partial charge is 0.248 e. The number of carbonyl (C=O) groups excluding carboxylic acids is 1. The molecule has 0 aliphatic heterocycles. The summed E-state index contributed by atoms with van der Waals surface area (Å²) in [4.78, 5) is 11.1. The fourth-order valence-electron chi connectivity index (χ4n) is 1.97. The van der Waals surface area contributed by atoms with Crippen molar-refractivity contribution >= 4 is 23.2 Å². The Morgan fingerprint density at radius 3 is 2.67 bits per heavy atom. The number of nitrogens with one attached hydrogen (secondary N) is 1. The molecule has 4 nitrogen and oxygen atoms in total. The summed E-state index contributed by atoms with van der Waals surface area (Å²) in [6, 6.07) is 12.5. The Morgan fingerprint density at radius 1 is 1.33 bits per heavy atom. The number of benzene rings is 2. The highest BCUT2D eigenvalue weighted by atomic mass is 35.5. The van der Waals surface area contributed by atoms with Gasteiger partial charge in [-0.2, -0.15) is 5.26 Å². The molecule has 0 heterocycles. The summed E-state index contributed by atoms with van der Waals surface area (Å²) in [5.74, 6) is -0.437. The topological polar surface area (TPSA) is 78.9 Å². The van der Waals surface area contributed by atoms with Crippen LogP contribution < -0.4 is 11.1 Å². The molecule has 21 heavy (non-hydrogen) atoms. The summed E-state index contributed by atoms with van der Waals surface area (Å²) in [5, 5.41) is 12.5. The summed E-state index contributed by atoms with van der Waals surface area (Å²) in [6.45, 7) is 2.49. The van der Waals surface area contributed by atoms with Crippen LogP contribution in [-0.4, -0.2) is 5.91 Å². The predicted molar refractivity (Wildman–Crippen MR) is 83.2 cm³/mol. The molecule has 0 aliphatic rings. The number of nitriles is 1. The minimum absolute atomic E-state index is 0.437. The van der Waals surface area contributed by atoms with Gasteiger partial charge in [0.05, 0.1) is 22.3 Å². The van der Waals surface area contributed by atoms with Crippen LogP contribution in [0.4, 0.5) is 5.69 Å². The molecule has 2 aromatic rings. The van der Waals surface area contributed by atoms with Gasteiger partial charge >= 0.3 is 0 Å². The Morgan fingerprint density at radius 2 is 2.10 bits per heavy atom. The van der Waals surface area contributed by atoms with Crippen LogP contribution in [-0.2, 0) is 6.54 Å². The van der Waals surface area contributed by atoms with E-state index in [4.69, 9.17) is 22.6 Å². The summed E-state index contributed by atoms with van der Waals surface area (Å²) in [5.41, 5.74) is 9.04. The van der Waals surface area contributed by atoms with E-state index < -0.39 is 5.91 Å². The van der Waals surface area contributed by atoms with Crippen molar-refractivity contribution in [2.45, 2.75) is 13.5 Å². The lowest BCUT2D eigenvalue weighted by atomic mass is 10.0. The maximum Gasteiger partial charge on any atom is 0.248 e. The molecule has 3 N–H and O–H groups in total. The first-order chi connectivity index (χ1) is 10.0. The fourth-order valence-corrected chi connectivity index (χ4v) is 2.21. The van der Waals surface area contributed by atoms with Crippen LogP contribution in [0.25, 0.3) is 0 Å². The van der Waals surface area contributed by atoms with Gasteiger partial charge in [0.1, 0.15) is 0 Å². The summed E-state index contributed by atoms with van der Waals surface area (Å²) in [6.07, 6.45) is 0. The van der Waals surface area contributed by atoms with E-state index in [9.17, 15) is 4.79 Å². The molecule has 0 spiro atoms. The number of nitrogens with zero attached hydrogens (tertiary/aromatic N) is 1. The molecule has 0 unspecified atom stereocenters. The van der Waals surface area contributed by atoms with E-state index >= 15 is 0 Å². The van der Waals surface area contributed by atoms with Gasteiger partial charge < -0.3 is 11.1 Å². The zero-order valence-corrected chi connectivity index (χ0v) is 12.2. The zero-order chi connectivity index (χ0) is 15.4. The molecule has 0 saturated heterocycles. The van der Waals surface area contributed by atoms with Gasteiger partial charge in [-0.25, -0.2) is 0 Å². The first-order valence-corrected chi connectivity index (χ1v) is 6.72. The second-order valence-corrected chi connectivity index (χ2v) is 5.07. The Labute approximate surface area is 128 Å². The average molecular weight is 300 g/mol. The van der Waals surface area contributed by atoms with Crippen molar-refractivity contribution in [2.24, 2.45) is 5.73 Å². The third-order valence-corrected chi connectivity index (χ3v) is 3.51. The molecule has 0 bridgehead atoms. The molecule has 0 fully saturated rings. The lowest BCUT2D eigenvalue weighted by Gasteiger charge is -2.11. The lowest BCUT2D eigenvalue weighted by molar-refractivity contribution is 0.1000. The molecule has 5 heteroatoms. The fraction of sp³-hybridized carbons (Fsp3) is 0.125. The van der Waals surface area contributed by atoms with E-state index in [1.807, 2.05) is 19.1 Å². The van der Waals surface area contributed by atoms with Crippen molar-refractivity contribution < 1.29 is 4.79 Å². The SMILES string of the molecule is Cc1cc(C(N)=O)ccc1CNc1ccc(C#N)cc1Cl. The molecule has 0 atom stereocenters. The largest absolute Gasteiger partial charge is 0.380 e. The van der Waals surface area contributed by atoms with Crippen molar-refractivity contribution in [1.29, 1.82) is 5.26 Å². The Hall–Kier alpha value is -2.51. The van der Waals surface area contributed by atoms with Crippen LogP contribution in [0.15, 0.2) is 36.4 Å². The monoisotopic (exact) mass is 299 g/mol. The van der Waals surface area contributed by atoms with Crippen molar-refractivity contribution in [1.82, 2.24) is 0 Å². The molecular formula is C16H14ClN3O. The molecule has 1 amide bonds. The lowest BCUT2D eigenvalue weighted by Crippen LogP contribution is -2.11. The first kappa shape index (κ1) is 14.9. The molecule has 0 aromatic heterocycles. The number of amides is 1. The van der Waals surface area contributed by atoms with Gasteiger partial charge in [-0.3, -0.25) is 4.79 Å². The number of anilines is 1. The Balaban J connectivity index is 2.13. The first-order valence-electron chi connectivity index (χ1n) is 6.34. The van der Waals surface area contributed by atoms with Gasteiger partial charge in [0.2, 0.25) is 5.91 Å². The van der Waals surface area contributed by atoms with E-state index in [-0.39, 0.29) is 0 Å². The number of primary amides is 1. The van der Waals surface area contributed by atoms with Gasteiger partial charge in [-0.1, -0.05) is 17.7 Å². The third-order valence-electron chi connectivity index (χ3n) is 3.19. The van der Waals surface area contributed by atoms with Crippen LogP contribution >= 0.6 is 11.6 Å². The molecule has 0 radical (unpaired) electrons. The quantitative estimate of drug-likeness (QED) is 0.909. The standard InChI is InChI=1S/C16H14ClN3O/c1-10-6-12(16(19)21)3-4-13(10)9-20-15-5-2-11(8-18)7-14(15)17/h2-7,20H,9H2,1H3,(H2,19,21). The van der Waals surface area contributed by atoms with Crippen molar-refractivity contribution in [2.75, 3.05) is 5.32 Å². The van der Waals surface area contributed by atoms with Crippen LogP contribution in [0.3, 0.4) is 0 Å². The maximum absolute atomic E-state index is 11.1. The second kappa shape index (κ2) is 6.29. The number of hydrogen-bond donors (Lipinski definition) is 2. The highest BCUT2D eigenvalue weighted by molar-refractivity contribution is 6.33. The number of halogens is 1. The maximum atomic E-state index is 11.1. The zero-order valence-electron chi connectivity index (χ0n) is 11.5. The number of hydrogen-bond acceptors (Lipinski definition) is 3. The van der Waals surface area contributed by atoms with E-state index in [0.29, 0.717) is 22.7 Å². The van der Waals surface area contributed by atoms with Gasteiger partial charge in [0.15, 0.2) is 0 Å². The highest BCUT2D eigenvalue weighted by Crippen LogP contribution is 2.24. The number of carbonyl (C=O) groups is 1. The van der Waals surface area contributed by atoms with E-state index in [1.54, 1.807) is 30.3 Å². The summed E-state index contributed by atoms with van der Waals surface area (Å²) < 4.78 is 0. The Bertz CT molecular complexity index is 735. The van der Waals surface area contributed by atoms with Gasteiger partial charge in [-0.15, -0.1) is 0 Å². The van der Waals surface area contributed by atoms with Crippen molar-refractivity contribution in [3.63, 3.8) is 0 Å². The van der Waals surface area contributed by atoms with Gasteiger partial charge in [0, 0.05) is 12.1 Å². The van der Waals surface area contributed by atoms with Crippen LogP contribution in [0.2, 0.25) is 5.02 Å². The minimum Gasteiger partial charge on any atom is -0.380 e. The Kier molecular flexibility index (Phi) is 4.46. The highest BCUT2D eigenvalue weighted by Gasteiger charge is 2.06. The van der Waals surface area contributed by atoms with Crippen LogP contribution in [0.1, 0.15) is 27.0 Å².